The normalized spacial score (nSPS) is 21.7. The van der Waals surface area contributed by atoms with Crippen molar-refractivity contribution in [1.82, 2.24) is 0 Å². The first-order chi connectivity index (χ1) is 17.2. The van der Waals surface area contributed by atoms with Gasteiger partial charge in [0.25, 0.3) is 0 Å². The Hall–Kier alpha value is -3.87. The van der Waals surface area contributed by atoms with Crippen LogP contribution >= 0.6 is 0 Å². The summed E-state index contributed by atoms with van der Waals surface area (Å²) >= 11 is 0. The number of cyclic esters (lactones) is 1. The molecule has 6 rings (SSSR count). The molecule has 0 amide bonds. The van der Waals surface area contributed by atoms with Gasteiger partial charge in [-0.2, -0.15) is 0 Å². The van der Waals surface area contributed by atoms with E-state index < -0.39 is 0 Å². The Bertz CT molecular complexity index is 1240. The van der Waals surface area contributed by atoms with Crippen molar-refractivity contribution in [3.05, 3.63) is 76.9 Å². The Balaban J connectivity index is 1.44. The monoisotopic (exact) mass is 474 g/mol. The predicted molar refractivity (Wildman–Crippen MR) is 126 cm³/mol. The van der Waals surface area contributed by atoms with Gasteiger partial charge in [0.15, 0.2) is 23.0 Å². The molecule has 0 bridgehead atoms. The first-order valence-electron chi connectivity index (χ1n) is 11.7. The van der Waals surface area contributed by atoms with E-state index in [0.717, 1.165) is 34.4 Å². The third-order valence-corrected chi connectivity index (χ3v) is 7.10. The Labute approximate surface area is 203 Å². The zero-order chi connectivity index (χ0) is 23.9. The van der Waals surface area contributed by atoms with E-state index in [1.165, 1.54) is 0 Å². The number of fused-ring (bicyclic) bond motifs is 3. The highest BCUT2D eigenvalue weighted by molar-refractivity contribution is 5.78. The molecule has 0 N–H and O–H groups in total. The molecule has 1 fully saturated rings. The Kier molecular flexibility index (Phi) is 5.40. The van der Waals surface area contributed by atoms with Crippen LogP contribution in [0.15, 0.2) is 54.6 Å². The second-order valence-corrected chi connectivity index (χ2v) is 9.03. The number of carbonyl (C=O) groups is 1. The molecule has 3 aliphatic rings. The van der Waals surface area contributed by atoms with Crippen LogP contribution in [0.1, 0.15) is 28.2 Å². The van der Waals surface area contributed by atoms with Crippen molar-refractivity contribution in [3.8, 4) is 28.7 Å². The summed E-state index contributed by atoms with van der Waals surface area (Å²) in [7, 11) is 3.21. The fourth-order valence-electron chi connectivity index (χ4n) is 5.46. The van der Waals surface area contributed by atoms with Crippen LogP contribution in [-0.2, 0) is 22.6 Å². The fourth-order valence-corrected chi connectivity index (χ4v) is 5.46. The Morgan fingerprint density at radius 3 is 2.34 bits per heavy atom. The average Bonchev–Trinajstić information content (AvgIpc) is 3.50. The van der Waals surface area contributed by atoms with Crippen LogP contribution in [0.4, 0.5) is 0 Å². The van der Waals surface area contributed by atoms with E-state index in [1.54, 1.807) is 14.2 Å². The minimum Gasteiger partial charge on any atom is -0.493 e. The third-order valence-electron chi connectivity index (χ3n) is 7.10. The number of hydrogen-bond donors (Lipinski definition) is 0. The van der Waals surface area contributed by atoms with Gasteiger partial charge in [0.05, 0.1) is 26.7 Å². The second-order valence-electron chi connectivity index (χ2n) is 9.03. The van der Waals surface area contributed by atoms with Gasteiger partial charge in [-0.05, 0) is 52.9 Å². The van der Waals surface area contributed by atoms with Crippen LogP contribution in [0.25, 0.3) is 0 Å². The van der Waals surface area contributed by atoms with Gasteiger partial charge in [-0.3, -0.25) is 4.79 Å². The van der Waals surface area contributed by atoms with Gasteiger partial charge in [-0.15, -0.1) is 0 Å². The average molecular weight is 475 g/mol. The molecular weight excluding hydrogens is 448 g/mol. The summed E-state index contributed by atoms with van der Waals surface area (Å²) in [4.78, 5) is 12.9. The molecular formula is C28H26O7. The lowest BCUT2D eigenvalue weighted by atomic mass is 9.67. The van der Waals surface area contributed by atoms with E-state index in [-0.39, 0.29) is 30.5 Å². The molecule has 1 aliphatic carbocycles. The molecule has 1 saturated heterocycles. The molecule has 7 heteroatoms. The van der Waals surface area contributed by atoms with Gasteiger partial charge < -0.3 is 28.4 Å². The first-order valence-corrected chi connectivity index (χ1v) is 11.7. The number of carbonyl (C=O) groups excluding carboxylic acids is 1. The van der Waals surface area contributed by atoms with Gasteiger partial charge in [-0.1, -0.05) is 30.3 Å². The molecule has 0 radical (unpaired) electrons. The summed E-state index contributed by atoms with van der Waals surface area (Å²) in [5.41, 5.74) is 4.12. The van der Waals surface area contributed by atoms with Crippen LogP contribution in [0.5, 0.6) is 28.7 Å². The lowest BCUT2D eigenvalue weighted by Crippen LogP contribution is -2.31. The molecule has 1 unspecified atom stereocenters. The molecule has 180 valence electrons. The van der Waals surface area contributed by atoms with Crippen molar-refractivity contribution in [2.45, 2.75) is 18.9 Å². The van der Waals surface area contributed by atoms with E-state index in [0.29, 0.717) is 36.2 Å². The summed E-state index contributed by atoms with van der Waals surface area (Å²) < 4.78 is 34.4. The lowest BCUT2D eigenvalue weighted by molar-refractivity contribution is -0.141. The number of hydrogen-bond acceptors (Lipinski definition) is 7. The van der Waals surface area contributed by atoms with Gasteiger partial charge in [-0.25, -0.2) is 0 Å². The van der Waals surface area contributed by atoms with Crippen molar-refractivity contribution in [2.75, 3.05) is 27.6 Å². The zero-order valence-electron chi connectivity index (χ0n) is 19.6. The van der Waals surface area contributed by atoms with E-state index in [2.05, 4.69) is 0 Å². The quantitative estimate of drug-likeness (QED) is 0.488. The van der Waals surface area contributed by atoms with Gasteiger partial charge >= 0.3 is 5.97 Å². The van der Waals surface area contributed by atoms with Crippen LogP contribution in [0.2, 0.25) is 0 Å². The maximum Gasteiger partial charge on any atom is 0.310 e. The molecule has 0 spiro atoms. The van der Waals surface area contributed by atoms with E-state index in [1.807, 2.05) is 54.6 Å². The molecule has 2 aliphatic heterocycles. The molecule has 0 aromatic heterocycles. The van der Waals surface area contributed by atoms with Crippen molar-refractivity contribution in [2.24, 2.45) is 11.8 Å². The topological polar surface area (TPSA) is 72.5 Å². The van der Waals surface area contributed by atoms with Crippen molar-refractivity contribution < 1.29 is 33.2 Å². The molecule has 2 heterocycles. The highest BCUT2D eigenvalue weighted by Crippen LogP contribution is 2.52. The van der Waals surface area contributed by atoms with Crippen LogP contribution in [0, 0.1) is 11.8 Å². The smallest absolute Gasteiger partial charge is 0.310 e. The number of methoxy groups -OCH3 is 2. The van der Waals surface area contributed by atoms with Crippen molar-refractivity contribution >= 4 is 5.97 Å². The van der Waals surface area contributed by atoms with Crippen LogP contribution in [0.3, 0.4) is 0 Å². The summed E-state index contributed by atoms with van der Waals surface area (Å²) in [5, 5.41) is 0. The van der Waals surface area contributed by atoms with Crippen LogP contribution < -0.4 is 23.7 Å². The standard InChI is InChI=1S/C28H26O7/c1-30-23-10-18(11-24(31-2)27(23)32-13-16-6-4-3-5-7-16)25-20-12-22-21(34-15-35-22)9-17(20)8-19-14-33-28(29)26(19)25/h3-7,9-12,19,25-26H,8,13-15H2,1-2H3/t19?,25-,26+/m1/s1. The summed E-state index contributed by atoms with van der Waals surface area (Å²) in [6, 6.07) is 17.8. The zero-order valence-corrected chi connectivity index (χ0v) is 19.6. The Morgan fingerprint density at radius 2 is 1.63 bits per heavy atom. The van der Waals surface area contributed by atoms with Crippen molar-refractivity contribution in [1.29, 1.82) is 0 Å². The van der Waals surface area contributed by atoms with E-state index >= 15 is 0 Å². The minimum atomic E-state index is -0.298. The van der Waals surface area contributed by atoms with E-state index in [9.17, 15) is 4.79 Å². The molecule has 3 aromatic rings. The maximum atomic E-state index is 12.9. The summed E-state index contributed by atoms with van der Waals surface area (Å²) in [6.07, 6.45) is 0.755. The number of esters is 1. The van der Waals surface area contributed by atoms with Gasteiger partial charge in [0, 0.05) is 11.8 Å². The maximum absolute atomic E-state index is 12.9. The molecule has 0 saturated carbocycles. The Morgan fingerprint density at radius 1 is 0.914 bits per heavy atom. The molecule has 3 atom stereocenters. The molecule has 3 aromatic carbocycles. The second kappa shape index (κ2) is 8.73. The lowest BCUT2D eigenvalue weighted by Gasteiger charge is -2.34. The third kappa shape index (κ3) is 3.71. The van der Waals surface area contributed by atoms with Gasteiger partial charge in [0.1, 0.15) is 6.61 Å². The highest BCUT2D eigenvalue weighted by atomic mass is 16.7. The number of benzene rings is 3. The number of rotatable bonds is 6. The first kappa shape index (κ1) is 21.6. The van der Waals surface area contributed by atoms with Crippen LogP contribution in [-0.4, -0.2) is 33.6 Å². The van der Waals surface area contributed by atoms with E-state index in [4.69, 9.17) is 28.4 Å². The molecule has 7 nitrogen and oxygen atoms in total. The summed E-state index contributed by atoms with van der Waals surface area (Å²) in [5.74, 6) is 2.43. The predicted octanol–water partition coefficient (Wildman–Crippen LogP) is 4.49. The highest BCUT2D eigenvalue weighted by Gasteiger charge is 2.48. The SMILES string of the molecule is COc1cc([C@@H]2c3cc4c(cc3CC3COC(=O)[C@@H]32)OCO4)cc(OC)c1OCc1ccccc1. The number of ether oxygens (including phenoxy) is 6. The largest absolute Gasteiger partial charge is 0.493 e. The molecule has 35 heavy (non-hydrogen) atoms. The fraction of sp³-hybridized carbons (Fsp3) is 0.321. The van der Waals surface area contributed by atoms with Gasteiger partial charge in [0.2, 0.25) is 12.5 Å². The van der Waals surface area contributed by atoms with Crippen molar-refractivity contribution in [3.63, 3.8) is 0 Å². The summed E-state index contributed by atoms with van der Waals surface area (Å²) in [6.45, 7) is 0.993. The minimum absolute atomic E-state index is 0.0892.